The number of aliphatic imine (C=N–C) groups is 1. The molecule has 0 aliphatic carbocycles. The molecule has 0 unspecified atom stereocenters. The van der Waals surface area contributed by atoms with Crippen molar-refractivity contribution in [2.75, 3.05) is 0 Å². The Bertz CT molecular complexity index is 433. The van der Waals surface area contributed by atoms with Crippen LogP contribution >= 0.6 is 22.6 Å². The van der Waals surface area contributed by atoms with Crippen LogP contribution < -0.4 is 0 Å². The maximum Gasteiger partial charge on any atom is 0.240 e. The summed E-state index contributed by atoms with van der Waals surface area (Å²) in [5.74, 6) is -0.683. The molecule has 1 aromatic rings. The molecule has 0 saturated carbocycles. The molecule has 0 fully saturated rings. The first kappa shape index (κ1) is 9.84. The average Bonchev–Trinajstić information content (AvgIpc) is 2.11. The van der Waals surface area contributed by atoms with E-state index in [1.165, 1.54) is 12.1 Å². The van der Waals surface area contributed by atoms with Crippen LogP contribution in [0.1, 0.15) is 5.56 Å². The summed E-state index contributed by atoms with van der Waals surface area (Å²) in [4.78, 5) is 13.2. The van der Waals surface area contributed by atoms with Crippen molar-refractivity contribution in [2.45, 2.75) is 0 Å². The summed E-state index contributed by atoms with van der Waals surface area (Å²) in [6, 6.07) is 4.04. The van der Waals surface area contributed by atoms with Gasteiger partial charge >= 0.3 is 0 Å². The van der Waals surface area contributed by atoms with Crippen LogP contribution in [0.2, 0.25) is 0 Å². The van der Waals surface area contributed by atoms with Gasteiger partial charge < -0.3 is 0 Å². The maximum absolute atomic E-state index is 12.9. The molecule has 0 aliphatic heterocycles. The normalized spacial score (nSPS) is 8.69. The van der Waals surface area contributed by atoms with Crippen molar-refractivity contribution in [1.82, 2.24) is 0 Å². The lowest BCUT2D eigenvalue weighted by Gasteiger charge is -1.97. The molecule has 0 radical (unpaired) electrons. The SMILES string of the molecule is N#Cc1cc(I)c(N=C=O)cc1F. The topological polar surface area (TPSA) is 53.2 Å². The fourth-order valence-corrected chi connectivity index (χ4v) is 1.34. The Balaban J connectivity index is 3.38. The van der Waals surface area contributed by atoms with Crippen LogP contribution in [0.3, 0.4) is 0 Å². The van der Waals surface area contributed by atoms with Gasteiger partial charge in [-0.25, -0.2) is 9.18 Å². The summed E-state index contributed by atoms with van der Waals surface area (Å²) >= 11 is 1.86. The zero-order valence-corrected chi connectivity index (χ0v) is 8.37. The second-order valence-corrected chi connectivity index (χ2v) is 3.26. The van der Waals surface area contributed by atoms with Gasteiger partial charge in [0.1, 0.15) is 11.9 Å². The van der Waals surface area contributed by atoms with E-state index >= 15 is 0 Å². The van der Waals surface area contributed by atoms with Crippen molar-refractivity contribution in [3.05, 3.63) is 27.1 Å². The van der Waals surface area contributed by atoms with Crippen LogP contribution in [0.4, 0.5) is 10.1 Å². The second kappa shape index (κ2) is 4.12. The molecule has 0 heterocycles. The van der Waals surface area contributed by atoms with E-state index < -0.39 is 5.82 Å². The third-order valence-corrected chi connectivity index (χ3v) is 2.19. The van der Waals surface area contributed by atoms with Crippen LogP contribution in [0.15, 0.2) is 17.1 Å². The van der Waals surface area contributed by atoms with Crippen molar-refractivity contribution in [1.29, 1.82) is 5.26 Å². The standard InChI is InChI=1S/C8H2FIN2O/c9-6-2-8(12-4-13)7(10)1-5(6)3-11/h1-2H. The molecule has 13 heavy (non-hydrogen) atoms. The minimum Gasteiger partial charge on any atom is -0.211 e. The number of carbonyl (C=O) groups excluding carboxylic acids is 1. The van der Waals surface area contributed by atoms with Crippen LogP contribution in [-0.2, 0) is 4.79 Å². The van der Waals surface area contributed by atoms with Crippen molar-refractivity contribution in [3.8, 4) is 6.07 Å². The first-order valence-electron chi connectivity index (χ1n) is 3.16. The van der Waals surface area contributed by atoms with E-state index in [4.69, 9.17) is 5.26 Å². The Labute approximate surface area is 87.0 Å². The number of hydrogen-bond acceptors (Lipinski definition) is 3. The molecule has 1 rings (SSSR count). The van der Waals surface area contributed by atoms with E-state index in [0.717, 1.165) is 6.07 Å². The van der Waals surface area contributed by atoms with Gasteiger partial charge in [-0.1, -0.05) is 0 Å². The van der Waals surface area contributed by atoms with Crippen LogP contribution in [0.25, 0.3) is 0 Å². The van der Waals surface area contributed by atoms with E-state index in [9.17, 15) is 9.18 Å². The number of benzene rings is 1. The zero-order chi connectivity index (χ0) is 9.84. The van der Waals surface area contributed by atoms with Gasteiger partial charge in [-0.3, -0.25) is 0 Å². The second-order valence-electron chi connectivity index (χ2n) is 2.10. The molecule has 0 spiro atoms. The highest BCUT2D eigenvalue weighted by molar-refractivity contribution is 14.1. The molecule has 0 aromatic heterocycles. The monoisotopic (exact) mass is 288 g/mol. The highest BCUT2D eigenvalue weighted by Gasteiger charge is 2.06. The molecule has 0 saturated heterocycles. The molecule has 0 atom stereocenters. The first-order chi connectivity index (χ1) is 6.19. The lowest BCUT2D eigenvalue weighted by molar-refractivity contribution is 0.565. The van der Waals surface area contributed by atoms with E-state index in [0.29, 0.717) is 3.57 Å². The maximum atomic E-state index is 12.9. The number of nitrogens with zero attached hydrogens (tertiary/aromatic N) is 2. The lowest BCUT2D eigenvalue weighted by Crippen LogP contribution is -1.85. The lowest BCUT2D eigenvalue weighted by atomic mass is 10.2. The molecule has 5 heteroatoms. The van der Waals surface area contributed by atoms with Gasteiger partial charge in [0, 0.05) is 9.64 Å². The van der Waals surface area contributed by atoms with Gasteiger partial charge in [0.2, 0.25) is 6.08 Å². The largest absolute Gasteiger partial charge is 0.240 e. The van der Waals surface area contributed by atoms with Crippen molar-refractivity contribution >= 4 is 34.4 Å². The summed E-state index contributed by atoms with van der Waals surface area (Å²) in [7, 11) is 0. The van der Waals surface area contributed by atoms with E-state index in [2.05, 4.69) is 4.99 Å². The Morgan fingerprint density at radius 1 is 1.54 bits per heavy atom. The Hall–Kier alpha value is -1.25. The predicted octanol–water partition coefficient (Wildman–Crippen LogP) is 2.27. The summed E-state index contributed by atoms with van der Waals surface area (Å²) in [6.45, 7) is 0. The summed E-state index contributed by atoms with van der Waals surface area (Å²) < 4.78 is 13.5. The van der Waals surface area contributed by atoms with Gasteiger partial charge in [-0.2, -0.15) is 10.3 Å². The summed E-state index contributed by atoms with van der Waals surface area (Å²) in [6.07, 6.45) is 1.31. The fourth-order valence-electron chi connectivity index (χ4n) is 0.757. The number of halogens is 2. The number of hydrogen-bond donors (Lipinski definition) is 0. The van der Waals surface area contributed by atoms with E-state index in [1.54, 1.807) is 6.07 Å². The van der Waals surface area contributed by atoms with Crippen molar-refractivity contribution < 1.29 is 9.18 Å². The van der Waals surface area contributed by atoms with Gasteiger partial charge in [0.15, 0.2) is 0 Å². The average molecular weight is 288 g/mol. The summed E-state index contributed by atoms with van der Waals surface area (Å²) in [5.41, 5.74) is 0.126. The highest BCUT2D eigenvalue weighted by atomic mass is 127. The molecule has 0 N–H and O–H groups in total. The zero-order valence-electron chi connectivity index (χ0n) is 6.21. The van der Waals surface area contributed by atoms with Crippen LogP contribution in [0.5, 0.6) is 0 Å². The minimum atomic E-state index is -0.683. The number of isocyanates is 1. The number of rotatable bonds is 1. The van der Waals surface area contributed by atoms with Gasteiger partial charge in [-0.15, -0.1) is 0 Å². The molecule has 0 bridgehead atoms. The summed E-state index contributed by atoms with van der Waals surface area (Å²) in [5, 5.41) is 8.46. The van der Waals surface area contributed by atoms with Crippen LogP contribution in [-0.4, -0.2) is 6.08 Å². The molecule has 0 amide bonds. The Morgan fingerprint density at radius 3 is 2.77 bits per heavy atom. The highest BCUT2D eigenvalue weighted by Crippen LogP contribution is 2.24. The van der Waals surface area contributed by atoms with E-state index in [-0.39, 0.29) is 11.3 Å². The predicted molar refractivity (Wildman–Crippen MR) is 51.6 cm³/mol. The van der Waals surface area contributed by atoms with Crippen molar-refractivity contribution in [2.24, 2.45) is 4.99 Å². The van der Waals surface area contributed by atoms with Crippen molar-refractivity contribution in [3.63, 3.8) is 0 Å². The third kappa shape index (κ3) is 2.11. The molecule has 0 aliphatic rings. The fraction of sp³-hybridized carbons (Fsp3) is 0. The smallest absolute Gasteiger partial charge is 0.211 e. The molecule has 3 nitrogen and oxygen atoms in total. The Morgan fingerprint density at radius 2 is 2.23 bits per heavy atom. The quantitative estimate of drug-likeness (QED) is 0.452. The van der Waals surface area contributed by atoms with Gasteiger partial charge in [0.05, 0.1) is 11.3 Å². The molecular formula is C8H2FIN2O. The molecule has 64 valence electrons. The number of nitriles is 1. The van der Waals surface area contributed by atoms with Crippen LogP contribution in [0, 0.1) is 20.7 Å². The van der Waals surface area contributed by atoms with Gasteiger partial charge in [-0.05, 0) is 28.7 Å². The van der Waals surface area contributed by atoms with E-state index in [1.807, 2.05) is 22.6 Å². The molecule has 1 aromatic carbocycles. The van der Waals surface area contributed by atoms with Gasteiger partial charge in [0.25, 0.3) is 0 Å². The first-order valence-corrected chi connectivity index (χ1v) is 4.24. The molecular weight excluding hydrogens is 286 g/mol. The minimum absolute atomic E-state index is 0.0609. The Kier molecular flexibility index (Phi) is 3.12. The third-order valence-electron chi connectivity index (χ3n) is 1.32.